The Morgan fingerprint density at radius 2 is 0.935 bits per heavy atom. The van der Waals surface area contributed by atoms with E-state index in [4.69, 9.17) is 5.73 Å². The average molecular weight is 430 g/mol. The number of nitrogens with two attached hydrogens (primary N) is 1. The molecule has 0 aromatic heterocycles. The first-order valence-corrected chi connectivity index (χ1v) is 14.0. The fourth-order valence-electron chi connectivity index (χ4n) is 4.88. The third kappa shape index (κ3) is 13.4. The molecule has 31 heavy (non-hydrogen) atoms. The molecular weight excluding hydrogens is 374 g/mol. The summed E-state index contributed by atoms with van der Waals surface area (Å²) in [6.45, 7) is 7.88. The standard InChI is InChI=1S/C30H55N/c1-4-6-8-10-11-14-18-22-29-25-24-28(21-17-9-7-5-2)27(3)30(29)23-19-15-12-13-16-20-26-31/h24-25H,4-23,26,31H2,1-3H3. The van der Waals surface area contributed by atoms with E-state index in [1.165, 1.54) is 128 Å². The van der Waals surface area contributed by atoms with Gasteiger partial charge in [-0.1, -0.05) is 109 Å². The van der Waals surface area contributed by atoms with Gasteiger partial charge in [0.1, 0.15) is 0 Å². The first-order valence-electron chi connectivity index (χ1n) is 14.0. The first-order chi connectivity index (χ1) is 15.2. The lowest BCUT2D eigenvalue weighted by atomic mass is 9.88. The third-order valence-corrected chi connectivity index (χ3v) is 7.04. The zero-order chi connectivity index (χ0) is 22.6. The molecule has 0 aliphatic carbocycles. The molecule has 0 spiro atoms. The SMILES string of the molecule is CCCCCCCCCc1ccc(CCCCCC)c(C)c1CCCCCCCCN. The van der Waals surface area contributed by atoms with Crippen molar-refractivity contribution in [2.75, 3.05) is 6.54 Å². The van der Waals surface area contributed by atoms with E-state index < -0.39 is 0 Å². The van der Waals surface area contributed by atoms with E-state index in [1.807, 2.05) is 0 Å². The second kappa shape index (κ2) is 19.8. The number of rotatable bonds is 21. The van der Waals surface area contributed by atoms with Crippen molar-refractivity contribution in [1.82, 2.24) is 0 Å². The average Bonchev–Trinajstić information content (AvgIpc) is 2.78. The molecule has 0 aliphatic heterocycles. The van der Waals surface area contributed by atoms with Gasteiger partial charge in [0.05, 0.1) is 0 Å². The van der Waals surface area contributed by atoms with Gasteiger partial charge in [0.2, 0.25) is 0 Å². The summed E-state index contributed by atoms with van der Waals surface area (Å²) in [4.78, 5) is 0. The predicted octanol–water partition coefficient (Wildman–Crippen LogP) is 9.25. The van der Waals surface area contributed by atoms with Crippen LogP contribution in [-0.4, -0.2) is 6.54 Å². The minimum Gasteiger partial charge on any atom is -0.330 e. The van der Waals surface area contributed by atoms with Crippen molar-refractivity contribution < 1.29 is 0 Å². The number of hydrogen-bond acceptors (Lipinski definition) is 1. The molecule has 1 heteroatoms. The van der Waals surface area contributed by atoms with Crippen molar-refractivity contribution in [3.63, 3.8) is 0 Å². The maximum Gasteiger partial charge on any atom is -0.00773 e. The Kier molecular flexibility index (Phi) is 18.1. The van der Waals surface area contributed by atoms with Crippen LogP contribution in [0.3, 0.4) is 0 Å². The van der Waals surface area contributed by atoms with Crippen molar-refractivity contribution in [1.29, 1.82) is 0 Å². The van der Waals surface area contributed by atoms with E-state index in [9.17, 15) is 0 Å². The van der Waals surface area contributed by atoms with Gasteiger partial charge >= 0.3 is 0 Å². The zero-order valence-electron chi connectivity index (χ0n) is 21.6. The Hall–Kier alpha value is -0.820. The number of hydrogen-bond donors (Lipinski definition) is 1. The van der Waals surface area contributed by atoms with Crippen LogP contribution in [0, 0.1) is 6.92 Å². The van der Waals surface area contributed by atoms with Crippen LogP contribution in [0.1, 0.15) is 145 Å². The van der Waals surface area contributed by atoms with Crippen LogP contribution in [0.2, 0.25) is 0 Å². The Bertz CT molecular complexity index is 533. The number of aryl methyl sites for hydroxylation is 2. The Morgan fingerprint density at radius 1 is 0.516 bits per heavy atom. The first kappa shape index (κ1) is 28.2. The highest BCUT2D eigenvalue weighted by Gasteiger charge is 2.10. The van der Waals surface area contributed by atoms with Gasteiger partial charge in [0.15, 0.2) is 0 Å². The molecule has 0 bridgehead atoms. The maximum atomic E-state index is 5.62. The second-order valence-corrected chi connectivity index (χ2v) is 9.83. The predicted molar refractivity (Wildman–Crippen MR) is 141 cm³/mol. The smallest absolute Gasteiger partial charge is 0.00773 e. The molecule has 0 atom stereocenters. The van der Waals surface area contributed by atoms with Crippen molar-refractivity contribution in [3.8, 4) is 0 Å². The molecule has 0 unspecified atom stereocenters. The molecule has 2 N–H and O–H groups in total. The summed E-state index contributed by atoms with van der Waals surface area (Å²) in [7, 11) is 0. The van der Waals surface area contributed by atoms with E-state index in [1.54, 1.807) is 22.3 Å². The van der Waals surface area contributed by atoms with E-state index in [2.05, 4.69) is 32.9 Å². The lowest BCUT2D eigenvalue weighted by Crippen LogP contribution is -2.03. The summed E-state index contributed by atoms with van der Waals surface area (Å²) in [5.41, 5.74) is 12.2. The van der Waals surface area contributed by atoms with E-state index in [-0.39, 0.29) is 0 Å². The molecule has 0 fully saturated rings. The van der Waals surface area contributed by atoms with Gasteiger partial charge in [0.25, 0.3) is 0 Å². The quantitative estimate of drug-likeness (QED) is 0.194. The highest BCUT2D eigenvalue weighted by atomic mass is 14.5. The Balaban J connectivity index is 2.58. The summed E-state index contributed by atoms with van der Waals surface area (Å²) in [5.74, 6) is 0. The molecule has 0 heterocycles. The normalized spacial score (nSPS) is 11.4. The summed E-state index contributed by atoms with van der Waals surface area (Å²) < 4.78 is 0. The number of unbranched alkanes of at least 4 members (excludes halogenated alkanes) is 14. The fraction of sp³-hybridized carbons (Fsp3) is 0.800. The Morgan fingerprint density at radius 3 is 1.52 bits per heavy atom. The summed E-state index contributed by atoms with van der Waals surface area (Å²) in [5, 5.41) is 0. The van der Waals surface area contributed by atoms with Gasteiger partial charge in [-0.15, -0.1) is 0 Å². The van der Waals surface area contributed by atoms with Crippen LogP contribution in [0.5, 0.6) is 0 Å². The molecule has 0 saturated carbocycles. The number of benzene rings is 1. The molecule has 0 aliphatic rings. The zero-order valence-corrected chi connectivity index (χ0v) is 21.6. The van der Waals surface area contributed by atoms with Crippen LogP contribution in [0.4, 0.5) is 0 Å². The van der Waals surface area contributed by atoms with Gasteiger partial charge in [-0.2, -0.15) is 0 Å². The molecule has 0 saturated heterocycles. The molecule has 0 radical (unpaired) electrons. The van der Waals surface area contributed by atoms with Gasteiger partial charge in [-0.25, -0.2) is 0 Å². The topological polar surface area (TPSA) is 26.0 Å². The Labute approximate surface area is 196 Å². The monoisotopic (exact) mass is 429 g/mol. The second-order valence-electron chi connectivity index (χ2n) is 9.83. The van der Waals surface area contributed by atoms with Crippen molar-refractivity contribution in [2.24, 2.45) is 5.73 Å². The highest BCUT2D eigenvalue weighted by molar-refractivity contribution is 5.41. The third-order valence-electron chi connectivity index (χ3n) is 7.04. The molecule has 1 aromatic rings. The van der Waals surface area contributed by atoms with Crippen LogP contribution >= 0.6 is 0 Å². The lowest BCUT2D eigenvalue weighted by molar-refractivity contribution is 0.585. The van der Waals surface area contributed by atoms with E-state index >= 15 is 0 Å². The molecule has 1 nitrogen and oxygen atoms in total. The molecule has 1 aromatic carbocycles. The largest absolute Gasteiger partial charge is 0.330 e. The lowest BCUT2D eigenvalue weighted by Gasteiger charge is -2.17. The van der Waals surface area contributed by atoms with Crippen LogP contribution < -0.4 is 5.73 Å². The summed E-state index contributed by atoms with van der Waals surface area (Å²) >= 11 is 0. The maximum absolute atomic E-state index is 5.62. The van der Waals surface area contributed by atoms with Gasteiger partial charge in [-0.05, 0) is 80.7 Å². The van der Waals surface area contributed by atoms with Crippen LogP contribution in [0.25, 0.3) is 0 Å². The summed E-state index contributed by atoms with van der Waals surface area (Å²) in [6.07, 6.45) is 27.1. The minimum atomic E-state index is 0.853. The molecule has 1 rings (SSSR count). The van der Waals surface area contributed by atoms with Gasteiger partial charge < -0.3 is 5.73 Å². The highest BCUT2D eigenvalue weighted by Crippen LogP contribution is 2.25. The summed E-state index contributed by atoms with van der Waals surface area (Å²) in [6, 6.07) is 4.96. The van der Waals surface area contributed by atoms with Crippen LogP contribution in [-0.2, 0) is 19.3 Å². The van der Waals surface area contributed by atoms with Crippen molar-refractivity contribution in [3.05, 3.63) is 34.4 Å². The van der Waals surface area contributed by atoms with Gasteiger partial charge in [-0.3, -0.25) is 0 Å². The molecular formula is C30H55N. The van der Waals surface area contributed by atoms with Gasteiger partial charge in [0, 0.05) is 0 Å². The van der Waals surface area contributed by atoms with Crippen molar-refractivity contribution >= 4 is 0 Å². The molecule has 0 amide bonds. The van der Waals surface area contributed by atoms with E-state index in [0.29, 0.717) is 0 Å². The molecule has 180 valence electrons. The fourth-order valence-corrected chi connectivity index (χ4v) is 4.88. The minimum absolute atomic E-state index is 0.853. The van der Waals surface area contributed by atoms with E-state index in [0.717, 1.165) is 6.54 Å². The van der Waals surface area contributed by atoms with Crippen molar-refractivity contribution in [2.45, 2.75) is 149 Å². The van der Waals surface area contributed by atoms with Crippen LogP contribution in [0.15, 0.2) is 12.1 Å².